The van der Waals surface area contributed by atoms with E-state index in [1.807, 2.05) is 24.3 Å². The van der Waals surface area contributed by atoms with Gasteiger partial charge in [-0.25, -0.2) is 4.39 Å². The summed E-state index contributed by atoms with van der Waals surface area (Å²) in [5, 5.41) is 4.45. The Morgan fingerprint density at radius 1 is 1.22 bits per heavy atom. The standard InChI is InChI=1S/C17H13ClFN3S/c18-10-5-6-15-13(7-10)16(12-3-1-2-4-14(12)19)20-8-11-9-21-17(23)22(11)15/h1-7,11H,8-9H2,(H,21,23). The van der Waals surface area contributed by atoms with E-state index >= 15 is 0 Å². The van der Waals surface area contributed by atoms with E-state index in [0.717, 1.165) is 17.8 Å². The molecule has 2 heterocycles. The normalized spacial score (nSPS) is 19.6. The average Bonchev–Trinajstić information content (AvgIpc) is 2.82. The number of aliphatic imine (C=N–C) groups is 1. The van der Waals surface area contributed by atoms with Crippen LogP contribution in [-0.4, -0.2) is 30.0 Å². The van der Waals surface area contributed by atoms with Gasteiger partial charge in [-0.3, -0.25) is 4.99 Å². The SMILES string of the molecule is Fc1ccccc1C1=NCC2CNC(=S)N2c2ccc(Cl)cc21. The predicted molar refractivity (Wildman–Crippen MR) is 95.2 cm³/mol. The number of hydrogen-bond acceptors (Lipinski definition) is 2. The molecule has 1 N–H and O–H groups in total. The molecule has 2 aliphatic rings. The zero-order valence-corrected chi connectivity index (χ0v) is 13.7. The quantitative estimate of drug-likeness (QED) is 0.803. The van der Waals surface area contributed by atoms with E-state index in [4.69, 9.17) is 28.8 Å². The Balaban J connectivity index is 1.95. The van der Waals surface area contributed by atoms with Gasteiger partial charge in [0.1, 0.15) is 5.82 Å². The highest BCUT2D eigenvalue weighted by Gasteiger charge is 2.34. The number of hydrogen-bond donors (Lipinski definition) is 1. The van der Waals surface area contributed by atoms with Crippen LogP contribution in [0.5, 0.6) is 0 Å². The molecule has 0 radical (unpaired) electrons. The van der Waals surface area contributed by atoms with E-state index < -0.39 is 0 Å². The van der Waals surface area contributed by atoms with Crippen molar-refractivity contribution in [3.05, 3.63) is 64.4 Å². The number of rotatable bonds is 1. The number of fused-ring (bicyclic) bond motifs is 3. The Kier molecular flexibility index (Phi) is 3.54. The molecular weight excluding hydrogens is 333 g/mol. The van der Waals surface area contributed by atoms with Crippen molar-refractivity contribution in [2.75, 3.05) is 18.0 Å². The fourth-order valence-electron chi connectivity index (χ4n) is 3.07. The third-order valence-corrected chi connectivity index (χ3v) is 4.71. The third-order valence-electron chi connectivity index (χ3n) is 4.14. The third kappa shape index (κ3) is 2.40. The van der Waals surface area contributed by atoms with Gasteiger partial charge >= 0.3 is 0 Å². The molecule has 6 heteroatoms. The summed E-state index contributed by atoms with van der Waals surface area (Å²) < 4.78 is 14.3. The smallest absolute Gasteiger partial charge is 0.173 e. The zero-order chi connectivity index (χ0) is 16.0. The van der Waals surface area contributed by atoms with Crippen LogP contribution in [-0.2, 0) is 0 Å². The van der Waals surface area contributed by atoms with Crippen molar-refractivity contribution in [1.82, 2.24) is 5.32 Å². The number of halogens is 2. The summed E-state index contributed by atoms with van der Waals surface area (Å²) in [5.41, 5.74) is 2.82. The lowest BCUT2D eigenvalue weighted by Gasteiger charge is -2.24. The minimum absolute atomic E-state index is 0.131. The molecule has 1 atom stereocenters. The van der Waals surface area contributed by atoms with Gasteiger partial charge in [-0.1, -0.05) is 23.7 Å². The highest BCUT2D eigenvalue weighted by Crippen LogP contribution is 2.33. The summed E-state index contributed by atoms with van der Waals surface area (Å²) in [5.74, 6) is -0.292. The van der Waals surface area contributed by atoms with Crippen molar-refractivity contribution in [1.29, 1.82) is 0 Å². The molecule has 0 saturated carbocycles. The van der Waals surface area contributed by atoms with Crippen LogP contribution in [0.4, 0.5) is 10.1 Å². The van der Waals surface area contributed by atoms with Gasteiger partial charge in [0, 0.05) is 22.7 Å². The van der Waals surface area contributed by atoms with Crippen molar-refractivity contribution in [2.24, 2.45) is 4.99 Å². The highest BCUT2D eigenvalue weighted by molar-refractivity contribution is 7.80. The Hall–Kier alpha value is -1.98. The average molecular weight is 346 g/mol. The Bertz CT molecular complexity index is 836. The summed E-state index contributed by atoms with van der Waals surface area (Å²) in [6.07, 6.45) is 0. The lowest BCUT2D eigenvalue weighted by molar-refractivity contribution is 0.625. The summed E-state index contributed by atoms with van der Waals surface area (Å²) in [4.78, 5) is 6.74. The molecular formula is C17H13ClFN3S. The van der Waals surface area contributed by atoms with Crippen molar-refractivity contribution in [3.8, 4) is 0 Å². The lowest BCUT2D eigenvalue weighted by Crippen LogP contribution is -2.35. The first-order valence-corrected chi connectivity index (χ1v) is 8.10. The van der Waals surface area contributed by atoms with E-state index in [2.05, 4.69) is 10.2 Å². The van der Waals surface area contributed by atoms with Crippen LogP contribution in [0.3, 0.4) is 0 Å². The van der Waals surface area contributed by atoms with E-state index in [1.54, 1.807) is 12.1 Å². The van der Waals surface area contributed by atoms with Crippen LogP contribution < -0.4 is 10.2 Å². The minimum atomic E-state index is -0.292. The summed E-state index contributed by atoms with van der Waals surface area (Å²) >= 11 is 11.6. The molecule has 2 aromatic rings. The summed E-state index contributed by atoms with van der Waals surface area (Å²) in [7, 11) is 0. The fraction of sp³-hybridized carbons (Fsp3) is 0.176. The lowest BCUT2D eigenvalue weighted by atomic mass is 10.00. The number of nitrogens with one attached hydrogen (secondary N) is 1. The fourth-order valence-corrected chi connectivity index (χ4v) is 3.58. The molecule has 0 amide bonds. The monoisotopic (exact) mass is 345 g/mol. The topological polar surface area (TPSA) is 27.6 Å². The number of thiocarbonyl (C=S) groups is 1. The molecule has 0 aromatic heterocycles. The molecule has 2 aromatic carbocycles. The van der Waals surface area contributed by atoms with Crippen molar-refractivity contribution in [3.63, 3.8) is 0 Å². The van der Waals surface area contributed by atoms with E-state index in [0.29, 0.717) is 28.0 Å². The van der Waals surface area contributed by atoms with E-state index in [-0.39, 0.29) is 11.9 Å². The minimum Gasteiger partial charge on any atom is -0.360 e. The van der Waals surface area contributed by atoms with Crippen LogP contribution >= 0.6 is 23.8 Å². The van der Waals surface area contributed by atoms with E-state index in [9.17, 15) is 4.39 Å². The second-order valence-corrected chi connectivity index (χ2v) is 6.36. The van der Waals surface area contributed by atoms with Crippen molar-refractivity contribution >= 4 is 40.3 Å². The Morgan fingerprint density at radius 2 is 2.04 bits per heavy atom. The van der Waals surface area contributed by atoms with Gasteiger partial charge < -0.3 is 10.2 Å². The molecule has 0 aliphatic carbocycles. The van der Waals surface area contributed by atoms with E-state index in [1.165, 1.54) is 6.07 Å². The molecule has 1 saturated heterocycles. The number of anilines is 1. The maximum absolute atomic E-state index is 14.3. The van der Waals surface area contributed by atoms with Crippen LogP contribution in [0.15, 0.2) is 47.5 Å². The molecule has 1 fully saturated rings. The first-order valence-electron chi connectivity index (χ1n) is 7.31. The van der Waals surface area contributed by atoms with Crippen molar-refractivity contribution in [2.45, 2.75) is 6.04 Å². The second kappa shape index (κ2) is 5.58. The molecule has 2 aliphatic heterocycles. The summed E-state index contributed by atoms with van der Waals surface area (Å²) in [6, 6.07) is 12.4. The van der Waals surface area contributed by atoms with Crippen LogP contribution in [0, 0.1) is 5.82 Å². The second-order valence-electron chi connectivity index (χ2n) is 5.54. The Labute approximate surface area is 143 Å². The van der Waals surface area contributed by atoms with Gasteiger partial charge in [0.15, 0.2) is 5.11 Å². The molecule has 1 unspecified atom stereocenters. The van der Waals surface area contributed by atoms with Gasteiger partial charge in [0.2, 0.25) is 0 Å². The maximum atomic E-state index is 14.3. The summed E-state index contributed by atoms with van der Waals surface area (Å²) in [6.45, 7) is 1.28. The van der Waals surface area contributed by atoms with Crippen LogP contribution in [0.25, 0.3) is 0 Å². The number of benzene rings is 2. The molecule has 3 nitrogen and oxygen atoms in total. The van der Waals surface area contributed by atoms with Crippen LogP contribution in [0.2, 0.25) is 5.02 Å². The first-order chi connectivity index (χ1) is 11.1. The van der Waals surface area contributed by atoms with Gasteiger partial charge in [-0.2, -0.15) is 0 Å². The molecule has 23 heavy (non-hydrogen) atoms. The first kappa shape index (κ1) is 14.6. The molecule has 0 bridgehead atoms. The molecule has 0 spiro atoms. The molecule has 4 rings (SSSR count). The van der Waals surface area contributed by atoms with Crippen LogP contribution in [0.1, 0.15) is 11.1 Å². The number of nitrogens with zero attached hydrogens (tertiary/aromatic N) is 2. The van der Waals surface area contributed by atoms with Gasteiger partial charge in [-0.05, 0) is 42.5 Å². The van der Waals surface area contributed by atoms with Gasteiger partial charge in [0.05, 0.1) is 24.0 Å². The zero-order valence-electron chi connectivity index (χ0n) is 12.1. The Morgan fingerprint density at radius 3 is 2.87 bits per heavy atom. The van der Waals surface area contributed by atoms with Gasteiger partial charge in [-0.15, -0.1) is 0 Å². The van der Waals surface area contributed by atoms with Gasteiger partial charge in [0.25, 0.3) is 0 Å². The van der Waals surface area contributed by atoms with Crippen molar-refractivity contribution < 1.29 is 4.39 Å². The highest BCUT2D eigenvalue weighted by atomic mass is 35.5. The molecule has 116 valence electrons. The largest absolute Gasteiger partial charge is 0.360 e. The predicted octanol–water partition coefficient (Wildman–Crippen LogP) is 3.39. The maximum Gasteiger partial charge on any atom is 0.173 e.